The summed E-state index contributed by atoms with van der Waals surface area (Å²) < 4.78 is 0. The minimum Gasteiger partial charge on any atom is -0.481 e. The zero-order chi connectivity index (χ0) is 18.5. The van der Waals surface area contributed by atoms with E-state index in [9.17, 15) is 19.2 Å². The minimum absolute atomic E-state index is 0.0479. The van der Waals surface area contributed by atoms with Crippen molar-refractivity contribution < 1.29 is 29.4 Å². The van der Waals surface area contributed by atoms with Crippen molar-refractivity contribution in [1.29, 1.82) is 0 Å². The second-order valence-corrected chi connectivity index (χ2v) is 6.21. The van der Waals surface area contributed by atoms with Crippen LogP contribution < -0.4 is 10.6 Å². The summed E-state index contributed by atoms with van der Waals surface area (Å²) >= 11 is 0. The molecule has 8 nitrogen and oxygen atoms in total. The smallest absolute Gasteiger partial charge is 0.326 e. The lowest BCUT2D eigenvalue weighted by molar-refractivity contribution is -0.145. The number of anilines is 1. The maximum atomic E-state index is 12.3. The molecule has 0 aromatic heterocycles. The number of aliphatic carboxylic acids is 2. The summed E-state index contributed by atoms with van der Waals surface area (Å²) in [5, 5.41) is 22.5. The molecule has 0 heterocycles. The van der Waals surface area contributed by atoms with Crippen molar-refractivity contribution in [1.82, 2.24) is 5.32 Å². The molecule has 0 unspecified atom stereocenters. The van der Waals surface area contributed by atoms with E-state index in [1.807, 2.05) is 0 Å². The van der Waals surface area contributed by atoms with Crippen molar-refractivity contribution in [3.63, 3.8) is 0 Å². The molecule has 1 atom stereocenters. The number of carboxylic acid groups (broad SMARTS) is 2. The van der Waals surface area contributed by atoms with E-state index in [-0.39, 0.29) is 17.2 Å². The van der Waals surface area contributed by atoms with E-state index in [1.165, 1.54) is 12.1 Å². The zero-order valence-corrected chi connectivity index (χ0v) is 13.6. The lowest BCUT2D eigenvalue weighted by Crippen LogP contribution is -2.42. The quantitative estimate of drug-likeness (QED) is 0.619. The summed E-state index contributed by atoms with van der Waals surface area (Å²) in [6, 6.07) is 4.51. The molecule has 4 N–H and O–H groups in total. The average molecular weight is 336 g/mol. The number of rotatable bonds is 6. The first-order chi connectivity index (χ1) is 11.0. The van der Waals surface area contributed by atoms with Crippen molar-refractivity contribution in [2.24, 2.45) is 5.41 Å². The molecule has 1 aromatic carbocycles. The summed E-state index contributed by atoms with van der Waals surface area (Å²) in [7, 11) is 0. The molecule has 0 aliphatic rings. The number of para-hydroxylation sites is 1. The minimum atomic E-state index is -1.57. The molecule has 0 aliphatic heterocycles. The fourth-order valence-corrected chi connectivity index (χ4v) is 1.71. The number of amides is 2. The molecule has 0 bridgehead atoms. The van der Waals surface area contributed by atoms with Crippen LogP contribution in [0, 0.1) is 5.41 Å². The van der Waals surface area contributed by atoms with Crippen LogP contribution in [0.2, 0.25) is 0 Å². The number of hydrogen-bond donors (Lipinski definition) is 4. The number of nitrogens with one attached hydrogen (secondary N) is 2. The largest absolute Gasteiger partial charge is 0.481 e. The number of benzene rings is 1. The van der Waals surface area contributed by atoms with Gasteiger partial charge in [-0.05, 0) is 12.1 Å². The van der Waals surface area contributed by atoms with Crippen LogP contribution in [0.4, 0.5) is 5.69 Å². The Morgan fingerprint density at radius 1 is 1.08 bits per heavy atom. The summed E-state index contributed by atoms with van der Waals surface area (Å²) in [4.78, 5) is 46.1. The van der Waals surface area contributed by atoms with Gasteiger partial charge >= 0.3 is 11.9 Å². The molecule has 8 heteroatoms. The van der Waals surface area contributed by atoms with Gasteiger partial charge in [-0.25, -0.2) is 4.79 Å². The van der Waals surface area contributed by atoms with E-state index in [0.717, 1.165) is 0 Å². The van der Waals surface area contributed by atoms with Gasteiger partial charge < -0.3 is 20.8 Å². The molecule has 130 valence electrons. The zero-order valence-electron chi connectivity index (χ0n) is 13.6. The Balaban J connectivity index is 3.01. The second kappa shape index (κ2) is 7.58. The molecular weight excluding hydrogens is 316 g/mol. The molecule has 0 spiro atoms. The molecule has 0 fully saturated rings. The predicted molar refractivity (Wildman–Crippen MR) is 85.7 cm³/mol. The fraction of sp³-hybridized carbons (Fsp3) is 0.375. The lowest BCUT2D eigenvalue weighted by Gasteiger charge is -2.20. The first-order valence-corrected chi connectivity index (χ1v) is 7.18. The third-order valence-corrected chi connectivity index (χ3v) is 3.08. The van der Waals surface area contributed by atoms with Gasteiger partial charge in [-0.1, -0.05) is 32.9 Å². The molecular formula is C16H20N2O6. The van der Waals surface area contributed by atoms with Crippen LogP contribution in [0.5, 0.6) is 0 Å². The Morgan fingerprint density at radius 3 is 2.17 bits per heavy atom. The van der Waals surface area contributed by atoms with Gasteiger partial charge in [0.15, 0.2) is 0 Å². The van der Waals surface area contributed by atoms with Crippen LogP contribution in [0.15, 0.2) is 24.3 Å². The highest BCUT2D eigenvalue weighted by Crippen LogP contribution is 2.20. The SMILES string of the molecule is CC(C)(C)C(=O)Nc1ccccc1C(=O)N[C@@H](CC(=O)O)C(=O)O. The van der Waals surface area contributed by atoms with Gasteiger partial charge in [0.25, 0.3) is 5.91 Å². The van der Waals surface area contributed by atoms with Crippen LogP contribution in [-0.4, -0.2) is 40.0 Å². The highest BCUT2D eigenvalue weighted by Gasteiger charge is 2.26. The fourth-order valence-electron chi connectivity index (χ4n) is 1.71. The second-order valence-electron chi connectivity index (χ2n) is 6.21. The highest BCUT2D eigenvalue weighted by molar-refractivity contribution is 6.05. The van der Waals surface area contributed by atoms with E-state index in [4.69, 9.17) is 10.2 Å². The Hall–Kier alpha value is -2.90. The molecule has 0 radical (unpaired) electrons. The molecule has 0 saturated heterocycles. The third kappa shape index (κ3) is 5.38. The topological polar surface area (TPSA) is 133 Å². The molecule has 1 aromatic rings. The van der Waals surface area contributed by atoms with Gasteiger partial charge in [0.2, 0.25) is 5.91 Å². The first kappa shape index (κ1) is 19.1. The normalized spacial score (nSPS) is 12.1. The lowest BCUT2D eigenvalue weighted by atomic mass is 9.95. The maximum absolute atomic E-state index is 12.3. The van der Waals surface area contributed by atoms with Crippen molar-refractivity contribution in [2.45, 2.75) is 33.2 Å². The maximum Gasteiger partial charge on any atom is 0.326 e. The Labute approximate surface area is 138 Å². The Morgan fingerprint density at radius 2 is 1.67 bits per heavy atom. The number of carboxylic acids is 2. The van der Waals surface area contributed by atoms with Gasteiger partial charge in [0, 0.05) is 5.41 Å². The average Bonchev–Trinajstić information content (AvgIpc) is 2.45. The molecule has 0 saturated carbocycles. The predicted octanol–water partition coefficient (Wildman–Crippen LogP) is 1.33. The van der Waals surface area contributed by atoms with E-state index in [0.29, 0.717) is 0 Å². The number of carbonyl (C=O) groups is 4. The van der Waals surface area contributed by atoms with Crippen molar-refractivity contribution in [3.8, 4) is 0 Å². The summed E-state index contributed by atoms with van der Waals surface area (Å²) in [5.74, 6) is -3.91. The Kier molecular flexibility index (Phi) is 6.05. The van der Waals surface area contributed by atoms with Crippen molar-refractivity contribution in [2.75, 3.05) is 5.32 Å². The van der Waals surface area contributed by atoms with Crippen LogP contribution in [0.1, 0.15) is 37.6 Å². The Bertz CT molecular complexity index is 663. The van der Waals surface area contributed by atoms with Crippen LogP contribution >= 0.6 is 0 Å². The molecule has 24 heavy (non-hydrogen) atoms. The number of carbonyl (C=O) groups excluding carboxylic acids is 2. The van der Waals surface area contributed by atoms with Gasteiger partial charge in [-0.15, -0.1) is 0 Å². The van der Waals surface area contributed by atoms with Crippen molar-refractivity contribution in [3.05, 3.63) is 29.8 Å². The molecule has 1 rings (SSSR count). The standard InChI is InChI=1S/C16H20N2O6/c1-16(2,3)15(24)18-10-7-5-4-6-9(10)13(21)17-11(14(22)23)8-12(19)20/h4-7,11H,8H2,1-3H3,(H,17,21)(H,18,24)(H,19,20)(H,22,23)/t11-/m0/s1. The third-order valence-electron chi connectivity index (χ3n) is 3.08. The van der Waals surface area contributed by atoms with E-state index in [2.05, 4.69) is 10.6 Å². The summed E-state index contributed by atoms with van der Waals surface area (Å²) in [6.45, 7) is 5.12. The molecule has 0 aliphatic carbocycles. The van der Waals surface area contributed by atoms with Gasteiger partial charge in [-0.3, -0.25) is 14.4 Å². The van der Waals surface area contributed by atoms with E-state index in [1.54, 1.807) is 32.9 Å². The number of hydrogen-bond acceptors (Lipinski definition) is 4. The summed E-state index contributed by atoms with van der Waals surface area (Å²) in [6.07, 6.45) is -0.752. The summed E-state index contributed by atoms with van der Waals surface area (Å²) in [5.41, 5.74) is -0.419. The first-order valence-electron chi connectivity index (χ1n) is 7.18. The highest BCUT2D eigenvalue weighted by atomic mass is 16.4. The van der Waals surface area contributed by atoms with Crippen LogP contribution in [0.3, 0.4) is 0 Å². The van der Waals surface area contributed by atoms with Gasteiger partial charge in [0.1, 0.15) is 6.04 Å². The van der Waals surface area contributed by atoms with Gasteiger partial charge in [0.05, 0.1) is 17.7 Å². The molecule has 2 amide bonds. The van der Waals surface area contributed by atoms with Crippen LogP contribution in [-0.2, 0) is 14.4 Å². The van der Waals surface area contributed by atoms with E-state index < -0.39 is 35.7 Å². The van der Waals surface area contributed by atoms with Crippen LogP contribution in [0.25, 0.3) is 0 Å². The van der Waals surface area contributed by atoms with E-state index >= 15 is 0 Å². The van der Waals surface area contributed by atoms with Gasteiger partial charge in [-0.2, -0.15) is 0 Å². The van der Waals surface area contributed by atoms with Crippen molar-refractivity contribution >= 4 is 29.4 Å². The monoisotopic (exact) mass is 336 g/mol.